The fourth-order valence-electron chi connectivity index (χ4n) is 3.20. The van der Waals surface area contributed by atoms with Gasteiger partial charge in [-0.2, -0.15) is 0 Å². The number of allylic oxidation sites excluding steroid dienone is 4. The van der Waals surface area contributed by atoms with Gasteiger partial charge in [0, 0.05) is 11.9 Å². The van der Waals surface area contributed by atoms with Crippen LogP contribution < -0.4 is 0 Å². The summed E-state index contributed by atoms with van der Waals surface area (Å²) in [5, 5.41) is 0. The van der Waals surface area contributed by atoms with Gasteiger partial charge in [-0.15, -0.1) is 0 Å². The number of rotatable bonds is 4. The standard InChI is InChI=1S/C20H30N2/c1-5-16(3)19(6-2)20(21-18-13-8-7-9-14-18)22-15-11-10-12-17(22)4/h6,10-12,15-16,18H,4-5,7-9,13-14H2,1-3H3. The summed E-state index contributed by atoms with van der Waals surface area (Å²) < 4.78 is 0. The molecule has 0 bridgehead atoms. The van der Waals surface area contributed by atoms with Crippen LogP contribution in [0.5, 0.6) is 0 Å². The van der Waals surface area contributed by atoms with Crippen molar-refractivity contribution in [2.45, 2.75) is 65.3 Å². The lowest BCUT2D eigenvalue weighted by Crippen LogP contribution is -2.31. The van der Waals surface area contributed by atoms with Crippen molar-refractivity contribution in [1.82, 2.24) is 4.90 Å². The van der Waals surface area contributed by atoms with E-state index in [1.54, 1.807) is 0 Å². The molecule has 0 N–H and O–H groups in total. The average molecular weight is 298 g/mol. The summed E-state index contributed by atoms with van der Waals surface area (Å²) in [4.78, 5) is 7.34. The van der Waals surface area contributed by atoms with Crippen LogP contribution in [0.2, 0.25) is 0 Å². The highest BCUT2D eigenvalue weighted by Gasteiger charge is 2.22. The summed E-state index contributed by atoms with van der Waals surface area (Å²) in [7, 11) is 0. The molecule has 22 heavy (non-hydrogen) atoms. The molecule has 1 heterocycles. The van der Waals surface area contributed by atoms with E-state index in [-0.39, 0.29) is 0 Å². The Morgan fingerprint density at radius 2 is 2.09 bits per heavy atom. The Kier molecular flexibility index (Phi) is 6.23. The van der Waals surface area contributed by atoms with Crippen molar-refractivity contribution in [2.75, 3.05) is 0 Å². The zero-order chi connectivity index (χ0) is 15.9. The molecule has 0 saturated heterocycles. The predicted octanol–water partition coefficient (Wildman–Crippen LogP) is 5.61. The molecule has 2 rings (SSSR count). The van der Waals surface area contributed by atoms with Gasteiger partial charge in [0.2, 0.25) is 0 Å². The Morgan fingerprint density at radius 1 is 1.36 bits per heavy atom. The maximum absolute atomic E-state index is 5.18. The summed E-state index contributed by atoms with van der Waals surface area (Å²) in [5.74, 6) is 1.62. The molecule has 0 amide bonds. The van der Waals surface area contributed by atoms with Gasteiger partial charge in [-0.1, -0.05) is 51.8 Å². The van der Waals surface area contributed by atoms with Crippen molar-refractivity contribution in [1.29, 1.82) is 0 Å². The molecule has 120 valence electrons. The van der Waals surface area contributed by atoms with Crippen LogP contribution in [0, 0.1) is 5.92 Å². The van der Waals surface area contributed by atoms with Crippen LogP contribution in [-0.2, 0) is 0 Å². The normalized spacial score (nSPS) is 22.3. The Balaban J connectivity index is 2.35. The molecular weight excluding hydrogens is 268 g/mol. The van der Waals surface area contributed by atoms with Crippen molar-refractivity contribution < 1.29 is 0 Å². The van der Waals surface area contributed by atoms with Crippen LogP contribution in [0.25, 0.3) is 0 Å². The van der Waals surface area contributed by atoms with E-state index < -0.39 is 0 Å². The van der Waals surface area contributed by atoms with Gasteiger partial charge in [-0.3, -0.25) is 4.99 Å². The first-order valence-electron chi connectivity index (χ1n) is 8.74. The highest BCUT2D eigenvalue weighted by atomic mass is 15.2. The van der Waals surface area contributed by atoms with Crippen LogP contribution in [0.15, 0.2) is 53.3 Å². The Labute approximate surface area is 136 Å². The summed E-state index contributed by atoms with van der Waals surface area (Å²) in [5.41, 5.74) is 2.34. The van der Waals surface area contributed by atoms with E-state index in [1.165, 1.54) is 37.7 Å². The Morgan fingerprint density at radius 3 is 2.68 bits per heavy atom. The van der Waals surface area contributed by atoms with Gasteiger partial charge in [0.15, 0.2) is 0 Å². The summed E-state index contributed by atoms with van der Waals surface area (Å²) in [6.07, 6.45) is 18.0. The van der Waals surface area contributed by atoms with E-state index in [9.17, 15) is 0 Å². The van der Waals surface area contributed by atoms with Crippen molar-refractivity contribution in [3.8, 4) is 0 Å². The highest BCUT2D eigenvalue weighted by molar-refractivity contribution is 6.00. The second-order valence-corrected chi connectivity index (χ2v) is 6.36. The Hall–Kier alpha value is -1.57. The molecule has 1 saturated carbocycles. The molecule has 2 aliphatic rings. The van der Waals surface area contributed by atoms with E-state index in [1.807, 2.05) is 6.08 Å². The van der Waals surface area contributed by atoms with Gasteiger partial charge in [-0.05, 0) is 49.8 Å². The molecule has 1 unspecified atom stereocenters. The molecule has 0 spiro atoms. The van der Waals surface area contributed by atoms with E-state index in [4.69, 9.17) is 4.99 Å². The van der Waals surface area contributed by atoms with Crippen LogP contribution in [0.1, 0.15) is 59.3 Å². The van der Waals surface area contributed by atoms with E-state index >= 15 is 0 Å². The molecule has 0 radical (unpaired) electrons. The van der Waals surface area contributed by atoms with Gasteiger partial charge < -0.3 is 4.90 Å². The maximum Gasteiger partial charge on any atom is 0.135 e. The number of hydrogen-bond donors (Lipinski definition) is 0. The fourth-order valence-corrected chi connectivity index (χ4v) is 3.20. The third-order valence-corrected chi connectivity index (χ3v) is 4.76. The molecular formula is C20H30N2. The zero-order valence-electron chi connectivity index (χ0n) is 14.4. The van der Waals surface area contributed by atoms with Gasteiger partial charge in [0.25, 0.3) is 0 Å². The summed E-state index contributed by atoms with van der Waals surface area (Å²) >= 11 is 0. The van der Waals surface area contributed by atoms with Crippen LogP contribution in [0.4, 0.5) is 0 Å². The topological polar surface area (TPSA) is 15.6 Å². The summed E-state index contributed by atoms with van der Waals surface area (Å²) in [6, 6.07) is 0.467. The molecule has 1 aliphatic heterocycles. The lowest BCUT2D eigenvalue weighted by molar-refractivity contribution is 0.439. The van der Waals surface area contributed by atoms with Gasteiger partial charge in [0.05, 0.1) is 6.04 Å². The molecule has 1 atom stereocenters. The Bertz CT molecular complexity index is 502. The van der Waals surface area contributed by atoms with Gasteiger partial charge >= 0.3 is 0 Å². The molecule has 2 heteroatoms. The van der Waals surface area contributed by atoms with Crippen molar-refractivity contribution in [3.63, 3.8) is 0 Å². The SMILES string of the molecule is C=C1C=CC=CN1C(=NC1CCCCC1)C(=CC)C(C)CC. The minimum absolute atomic E-state index is 0.467. The number of hydrogen-bond acceptors (Lipinski definition) is 1. The molecule has 1 aliphatic carbocycles. The lowest BCUT2D eigenvalue weighted by Gasteiger charge is -2.30. The molecule has 1 fully saturated rings. The number of amidine groups is 1. The quantitative estimate of drug-likeness (QED) is 0.486. The van der Waals surface area contributed by atoms with Gasteiger partial charge in [0.1, 0.15) is 5.84 Å². The fraction of sp³-hybridized carbons (Fsp3) is 0.550. The third-order valence-electron chi connectivity index (χ3n) is 4.76. The van der Waals surface area contributed by atoms with Crippen LogP contribution >= 0.6 is 0 Å². The third kappa shape index (κ3) is 4.00. The van der Waals surface area contributed by atoms with Crippen LogP contribution in [0.3, 0.4) is 0 Å². The lowest BCUT2D eigenvalue weighted by atomic mass is 9.93. The van der Waals surface area contributed by atoms with E-state index in [0.717, 1.165) is 18.0 Å². The molecule has 0 aromatic rings. The zero-order valence-corrected chi connectivity index (χ0v) is 14.4. The predicted molar refractivity (Wildman–Crippen MR) is 96.8 cm³/mol. The second kappa shape index (κ2) is 8.17. The van der Waals surface area contributed by atoms with Gasteiger partial charge in [-0.25, -0.2) is 0 Å². The first-order valence-corrected chi connectivity index (χ1v) is 8.74. The van der Waals surface area contributed by atoms with E-state index in [2.05, 4.69) is 56.7 Å². The maximum atomic E-state index is 5.18. The van der Waals surface area contributed by atoms with Crippen molar-refractivity contribution >= 4 is 5.84 Å². The monoisotopic (exact) mass is 298 g/mol. The smallest absolute Gasteiger partial charge is 0.135 e. The van der Waals surface area contributed by atoms with Crippen molar-refractivity contribution in [2.24, 2.45) is 10.9 Å². The van der Waals surface area contributed by atoms with Crippen molar-refractivity contribution in [3.05, 3.63) is 48.4 Å². The molecule has 2 nitrogen and oxygen atoms in total. The second-order valence-electron chi connectivity index (χ2n) is 6.36. The summed E-state index contributed by atoms with van der Waals surface area (Å²) in [6.45, 7) is 10.9. The average Bonchev–Trinajstić information content (AvgIpc) is 2.56. The number of aliphatic imine (C=N–C) groups is 1. The largest absolute Gasteiger partial charge is 0.303 e. The first-order chi connectivity index (χ1) is 10.7. The van der Waals surface area contributed by atoms with E-state index in [0.29, 0.717) is 12.0 Å². The number of nitrogens with zero attached hydrogens (tertiary/aromatic N) is 2. The minimum Gasteiger partial charge on any atom is -0.303 e. The molecule has 0 aromatic heterocycles. The van der Waals surface area contributed by atoms with Crippen LogP contribution in [-0.4, -0.2) is 16.8 Å². The highest BCUT2D eigenvalue weighted by Crippen LogP contribution is 2.26. The minimum atomic E-state index is 0.467. The first kappa shape index (κ1) is 16.8. The molecule has 0 aromatic carbocycles.